The van der Waals surface area contributed by atoms with Crippen LogP contribution in [0.25, 0.3) is 0 Å². The second-order valence-electron chi connectivity index (χ2n) is 4.55. The van der Waals surface area contributed by atoms with E-state index in [1.165, 1.54) is 5.56 Å². The summed E-state index contributed by atoms with van der Waals surface area (Å²) in [6, 6.07) is 8.13. The SMILES string of the molecule is COc1ccc(CCCC2=CN(N)CN=C2N)cc1. The lowest BCUT2D eigenvalue weighted by Gasteiger charge is -2.19. The summed E-state index contributed by atoms with van der Waals surface area (Å²) in [5.41, 5.74) is 8.15. The molecule has 0 spiro atoms. The lowest BCUT2D eigenvalue weighted by molar-refractivity contribution is 0.398. The average molecular weight is 260 g/mol. The van der Waals surface area contributed by atoms with E-state index in [2.05, 4.69) is 17.1 Å². The Balaban J connectivity index is 1.84. The lowest BCUT2D eigenvalue weighted by atomic mass is 10.0. The van der Waals surface area contributed by atoms with E-state index in [-0.39, 0.29) is 0 Å². The quantitative estimate of drug-likeness (QED) is 0.785. The summed E-state index contributed by atoms with van der Waals surface area (Å²) in [6.07, 6.45) is 4.77. The Bertz CT molecular complexity index is 479. The van der Waals surface area contributed by atoms with Crippen molar-refractivity contribution in [3.63, 3.8) is 0 Å². The number of nitrogens with zero attached hydrogens (tertiary/aromatic N) is 2. The number of hydrogen-bond donors (Lipinski definition) is 2. The zero-order chi connectivity index (χ0) is 13.7. The van der Waals surface area contributed by atoms with E-state index in [1.54, 1.807) is 12.1 Å². The molecule has 0 fully saturated rings. The van der Waals surface area contributed by atoms with Gasteiger partial charge in [-0.2, -0.15) is 0 Å². The Hall–Kier alpha value is -2.01. The van der Waals surface area contributed by atoms with Gasteiger partial charge in [0.05, 0.1) is 7.11 Å². The molecular weight excluding hydrogens is 240 g/mol. The fourth-order valence-corrected chi connectivity index (χ4v) is 2.03. The van der Waals surface area contributed by atoms with Crippen molar-refractivity contribution in [1.29, 1.82) is 0 Å². The summed E-state index contributed by atoms with van der Waals surface area (Å²) < 4.78 is 5.13. The number of hydrazine groups is 1. The maximum atomic E-state index is 5.84. The van der Waals surface area contributed by atoms with E-state index in [1.807, 2.05) is 18.3 Å². The maximum Gasteiger partial charge on any atom is 0.126 e. The molecule has 1 aliphatic rings. The lowest BCUT2D eigenvalue weighted by Crippen LogP contribution is -2.33. The van der Waals surface area contributed by atoms with E-state index in [9.17, 15) is 0 Å². The van der Waals surface area contributed by atoms with Crippen molar-refractivity contribution in [3.8, 4) is 5.75 Å². The minimum Gasteiger partial charge on any atom is -0.497 e. The highest BCUT2D eigenvalue weighted by atomic mass is 16.5. The fraction of sp³-hybridized carbons (Fsp3) is 0.357. The molecule has 2 rings (SSSR count). The molecule has 0 amide bonds. The van der Waals surface area contributed by atoms with Crippen molar-refractivity contribution in [1.82, 2.24) is 5.01 Å². The van der Waals surface area contributed by atoms with Crippen molar-refractivity contribution < 1.29 is 4.74 Å². The van der Waals surface area contributed by atoms with E-state index in [0.717, 1.165) is 30.6 Å². The van der Waals surface area contributed by atoms with Crippen LogP contribution in [0.4, 0.5) is 0 Å². The predicted octanol–water partition coefficient (Wildman–Crippen LogP) is 1.41. The topological polar surface area (TPSA) is 76.9 Å². The number of aryl methyl sites for hydroxylation is 1. The predicted molar refractivity (Wildman–Crippen MR) is 76.5 cm³/mol. The zero-order valence-electron chi connectivity index (χ0n) is 11.2. The van der Waals surface area contributed by atoms with Crippen molar-refractivity contribution >= 4 is 5.84 Å². The first-order chi connectivity index (χ1) is 9.19. The van der Waals surface area contributed by atoms with Gasteiger partial charge in [0.25, 0.3) is 0 Å². The number of rotatable bonds is 5. The van der Waals surface area contributed by atoms with E-state index in [4.69, 9.17) is 16.3 Å². The Morgan fingerprint density at radius 3 is 2.68 bits per heavy atom. The first-order valence-electron chi connectivity index (χ1n) is 6.34. The van der Waals surface area contributed by atoms with Crippen LogP contribution in [0.1, 0.15) is 18.4 Å². The van der Waals surface area contributed by atoms with Gasteiger partial charge < -0.3 is 10.5 Å². The van der Waals surface area contributed by atoms with Crippen LogP contribution in [0.15, 0.2) is 41.0 Å². The van der Waals surface area contributed by atoms with Gasteiger partial charge in [0.15, 0.2) is 0 Å². The zero-order valence-corrected chi connectivity index (χ0v) is 11.2. The van der Waals surface area contributed by atoms with Crippen LogP contribution in [0.3, 0.4) is 0 Å². The van der Waals surface area contributed by atoms with Crippen molar-refractivity contribution in [3.05, 3.63) is 41.6 Å². The van der Waals surface area contributed by atoms with Crippen LogP contribution >= 0.6 is 0 Å². The molecule has 1 aromatic rings. The number of methoxy groups -OCH3 is 1. The smallest absolute Gasteiger partial charge is 0.126 e. The second-order valence-corrected chi connectivity index (χ2v) is 4.55. The van der Waals surface area contributed by atoms with Gasteiger partial charge in [-0.05, 0) is 37.0 Å². The van der Waals surface area contributed by atoms with Gasteiger partial charge in [0.2, 0.25) is 0 Å². The first-order valence-corrected chi connectivity index (χ1v) is 6.34. The van der Waals surface area contributed by atoms with Crippen molar-refractivity contribution in [2.24, 2.45) is 16.6 Å². The van der Waals surface area contributed by atoms with Gasteiger partial charge in [0, 0.05) is 11.8 Å². The third-order valence-electron chi connectivity index (χ3n) is 3.13. The van der Waals surface area contributed by atoms with Crippen LogP contribution in [0.2, 0.25) is 0 Å². The van der Waals surface area contributed by atoms with Crippen LogP contribution in [-0.4, -0.2) is 24.6 Å². The molecule has 102 valence electrons. The summed E-state index contributed by atoms with van der Waals surface area (Å²) in [7, 11) is 1.67. The molecule has 4 N–H and O–H groups in total. The number of benzene rings is 1. The monoisotopic (exact) mass is 260 g/mol. The van der Waals surface area contributed by atoms with E-state index in [0.29, 0.717) is 12.5 Å². The van der Waals surface area contributed by atoms with Gasteiger partial charge in [0.1, 0.15) is 18.3 Å². The standard InChI is InChI=1S/C14H20N4O/c1-19-13-7-5-11(6-8-13)3-2-4-12-9-18(16)10-17-14(12)15/h5-9H,2-4,10,16H2,1H3,(H2,15,17). The Labute approximate surface area is 113 Å². The van der Waals surface area contributed by atoms with Crippen molar-refractivity contribution in [2.75, 3.05) is 13.8 Å². The van der Waals surface area contributed by atoms with Crippen molar-refractivity contribution in [2.45, 2.75) is 19.3 Å². The van der Waals surface area contributed by atoms with Crippen LogP contribution in [-0.2, 0) is 6.42 Å². The minimum atomic E-state index is 0.438. The first kappa shape index (κ1) is 13.4. The van der Waals surface area contributed by atoms with E-state index < -0.39 is 0 Å². The average Bonchev–Trinajstić information content (AvgIpc) is 2.43. The fourth-order valence-electron chi connectivity index (χ4n) is 2.03. The van der Waals surface area contributed by atoms with Gasteiger partial charge in [-0.15, -0.1) is 0 Å². The highest BCUT2D eigenvalue weighted by Gasteiger charge is 2.09. The largest absolute Gasteiger partial charge is 0.497 e. The molecule has 1 aliphatic heterocycles. The minimum absolute atomic E-state index is 0.438. The molecule has 1 heterocycles. The normalized spacial score (nSPS) is 14.9. The molecule has 0 radical (unpaired) electrons. The van der Waals surface area contributed by atoms with Crippen LogP contribution in [0, 0.1) is 0 Å². The summed E-state index contributed by atoms with van der Waals surface area (Å²) in [5.74, 6) is 7.17. The van der Waals surface area contributed by atoms with Crippen LogP contribution in [0.5, 0.6) is 5.75 Å². The Morgan fingerprint density at radius 1 is 1.26 bits per heavy atom. The highest BCUT2D eigenvalue weighted by molar-refractivity contribution is 5.97. The number of aliphatic imine (C=N–C) groups is 1. The molecule has 0 atom stereocenters. The molecule has 19 heavy (non-hydrogen) atoms. The summed E-state index contributed by atoms with van der Waals surface area (Å²) >= 11 is 0. The third-order valence-corrected chi connectivity index (χ3v) is 3.13. The van der Waals surface area contributed by atoms with Crippen LogP contribution < -0.4 is 16.3 Å². The molecule has 5 heteroatoms. The summed E-state index contributed by atoms with van der Waals surface area (Å²) in [4.78, 5) is 4.15. The molecule has 0 saturated heterocycles. The molecule has 1 aromatic carbocycles. The molecule has 0 aliphatic carbocycles. The molecular formula is C14H20N4O. The number of ether oxygens (including phenoxy) is 1. The Morgan fingerprint density at radius 2 is 2.00 bits per heavy atom. The molecule has 0 saturated carbocycles. The molecule has 0 bridgehead atoms. The third kappa shape index (κ3) is 3.72. The maximum absolute atomic E-state index is 5.84. The molecule has 5 nitrogen and oxygen atoms in total. The summed E-state index contributed by atoms with van der Waals surface area (Å²) in [6.45, 7) is 0.438. The van der Waals surface area contributed by atoms with Gasteiger partial charge in [-0.25, -0.2) is 10.8 Å². The Kier molecular flexibility index (Phi) is 4.41. The number of hydrogen-bond acceptors (Lipinski definition) is 5. The highest BCUT2D eigenvalue weighted by Crippen LogP contribution is 2.16. The van der Waals surface area contributed by atoms with Gasteiger partial charge >= 0.3 is 0 Å². The second kappa shape index (κ2) is 6.24. The molecule has 0 unspecified atom stereocenters. The van der Waals surface area contributed by atoms with Gasteiger partial charge in [-0.3, -0.25) is 5.01 Å². The number of nitrogens with two attached hydrogens (primary N) is 2. The summed E-state index contributed by atoms with van der Waals surface area (Å²) in [5, 5.41) is 1.55. The molecule has 0 aromatic heterocycles. The van der Waals surface area contributed by atoms with E-state index >= 15 is 0 Å². The van der Waals surface area contributed by atoms with Gasteiger partial charge in [-0.1, -0.05) is 12.1 Å². The number of amidine groups is 1.